The number of aromatic nitrogens is 1. The Kier molecular flexibility index (Phi) is 6.12. The Balaban J connectivity index is 2.19. The Bertz CT molecular complexity index is 274. The molecule has 0 saturated carbocycles. The van der Waals surface area contributed by atoms with Crippen LogP contribution in [-0.4, -0.2) is 23.0 Å². The van der Waals surface area contributed by atoms with E-state index in [1.807, 2.05) is 36.2 Å². The number of rotatable bonds is 7. The van der Waals surface area contributed by atoms with Gasteiger partial charge in [-0.05, 0) is 19.1 Å². The van der Waals surface area contributed by atoms with Crippen LogP contribution in [0.2, 0.25) is 0 Å². The standard InChI is InChI=1S/C12H18N2S/c1-3-9-15-10-8-13-11(2)12-6-4-5-7-14-12/h3-7,11,13H,1,8-10H2,2H3. The zero-order valence-corrected chi connectivity index (χ0v) is 9.96. The van der Waals surface area contributed by atoms with E-state index >= 15 is 0 Å². The molecule has 1 atom stereocenters. The number of pyridine rings is 1. The van der Waals surface area contributed by atoms with Crippen molar-refractivity contribution >= 4 is 11.8 Å². The van der Waals surface area contributed by atoms with Crippen molar-refractivity contribution in [2.24, 2.45) is 0 Å². The van der Waals surface area contributed by atoms with Crippen molar-refractivity contribution in [1.29, 1.82) is 0 Å². The van der Waals surface area contributed by atoms with Gasteiger partial charge in [0.05, 0.1) is 5.69 Å². The third-order valence-electron chi connectivity index (χ3n) is 2.06. The number of nitrogens with zero attached hydrogens (tertiary/aromatic N) is 1. The Morgan fingerprint density at radius 1 is 1.60 bits per heavy atom. The average Bonchev–Trinajstić information content (AvgIpc) is 2.30. The molecule has 0 aromatic carbocycles. The smallest absolute Gasteiger partial charge is 0.0570 e. The normalized spacial score (nSPS) is 12.3. The lowest BCUT2D eigenvalue weighted by Crippen LogP contribution is -2.22. The first-order valence-electron chi connectivity index (χ1n) is 5.17. The summed E-state index contributed by atoms with van der Waals surface area (Å²) in [5.41, 5.74) is 1.10. The lowest BCUT2D eigenvalue weighted by Gasteiger charge is -2.12. The van der Waals surface area contributed by atoms with Gasteiger partial charge < -0.3 is 5.32 Å². The molecule has 1 aromatic rings. The fourth-order valence-electron chi connectivity index (χ4n) is 1.25. The van der Waals surface area contributed by atoms with Gasteiger partial charge in [-0.25, -0.2) is 0 Å². The van der Waals surface area contributed by atoms with Crippen LogP contribution in [0.15, 0.2) is 37.1 Å². The Hall–Kier alpha value is -0.800. The molecule has 0 fully saturated rings. The fourth-order valence-corrected chi connectivity index (χ4v) is 1.85. The lowest BCUT2D eigenvalue weighted by molar-refractivity contribution is 0.586. The van der Waals surface area contributed by atoms with E-state index in [1.54, 1.807) is 0 Å². The minimum atomic E-state index is 0.329. The van der Waals surface area contributed by atoms with Crippen LogP contribution in [0.25, 0.3) is 0 Å². The average molecular weight is 222 g/mol. The molecule has 0 saturated heterocycles. The lowest BCUT2D eigenvalue weighted by atomic mass is 10.2. The highest BCUT2D eigenvalue weighted by molar-refractivity contribution is 7.99. The molecule has 0 radical (unpaired) electrons. The van der Waals surface area contributed by atoms with Crippen LogP contribution in [-0.2, 0) is 0 Å². The largest absolute Gasteiger partial charge is 0.308 e. The quantitative estimate of drug-likeness (QED) is 0.567. The number of hydrogen-bond donors (Lipinski definition) is 1. The summed E-state index contributed by atoms with van der Waals surface area (Å²) in [5.74, 6) is 2.14. The molecule has 2 nitrogen and oxygen atoms in total. The van der Waals surface area contributed by atoms with Crippen LogP contribution in [0.4, 0.5) is 0 Å². The molecule has 0 aliphatic carbocycles. The molecule has 1 heterocycles. The maximum atomic E-state index is 4.31. The van der Waals surface area contributed by atoms with Crippen molar-refractivity contribution in [3.05, 3.63) is 42.7 Å². The summed E-state index contributed by atoms with van der Waals surface area (Å²) in [7, 11) is 0. The van der Waals surface area contributed by atoms with E-state index in [9.17, 15) is 0 Å². The molecule has 1 aromatic heterocycles. The van der Waals surface area contributed by atoms with Crippen molar-refractivity contribution in [2.45, 2.75) is 13.0 Å². The van der Waals surface area contributed by atoms with Crippen LogP contribution in [0, 0.1) is 0 Å². The van der Waals surface area contributed by atoms with E-state index in [0.717, 1.165) is 23.7 Å². The molecule has 0 bridgehead atoms. The highest BCUT2D eigenvalue weighted by atomic mass is 32.2. The topological polar surface area (TPSA) is 24.9 Å². The third-order valence-corrected chi connectivity index (χ3v) is 3.03. The second-order valence-corrected chi connectivity index (χ2v) is 4.44. The van der Waals surface area contributed by atoms with Crippen LogP contribution >= 0.6 is 11.8 Å². The maximum absolute atomic E-state index is 4.31. The molecule has 0 aliphatic heterocycles. The molecule has 1 unspecified atom stereocenters. The van der Waals surface area contributed by atoms with E-state index in [1.165, 1.54) is 0 Å². The SMILES string of the molecule is C=CCSCCNC(C)c1ccccn1. The monoisotopic (exact) mass is 222 g/mol. The van der Waals surface area contributed by atoms with E-state index in [-0.39, 0.29) is 0 Å². The molecule has 15 heavy (non-hydrogen) atoms. The molecular formula is C12H18N2S. The van der Waals surface area contributed by atoms with Gasteiger partial charge in [-0.2, -0.15) is 11.8 Å². The molecule has 0 amide bonds. The van der Waals surface area contributed by atoms with E-state index in [4.69, 9.17) is 0 Å². The van der Waals surface area contributed by atoms with Crippen LogP contribution in [0.1, 0.15) is 18.7 Å². The first-order valence-corrected chi connectivity index (χ1v) is 6.33. The first kappa shape index (κ1) is 12.3. The van der Waals surface area contributed by atoms with Crippen LogP contribution in [0.5, 0.6) is 0 Å². The molecule has 1 N–H and O–H groups in total. The number of hydrogen-bond acceptors (Lipinski definition) is 3. The van der Waals surface area contributed by atoms with Gasteiger partial charge in [-0.1, -0.05) is 12.1 Å². The molecule has 1 rings (SSSR count). The van der Waals surface area contributed by atoms with Gasteiger partial charge in [0, 0.05) is 30.3 Å². The van der Waals surface area contributed by atoms with Gasteiger partial charge in [0.25, 0.3) is 0 Å². The molecule has 0 aliphatic rings. The molecule has 3 heteroatoms. The van der Waals surface area contributed by atoms with Crippen LogP contribution in [0.3, 0.4) is 0 Å². The summed E-state index contributed by atoms with van der Waals surface area (Å²) in [6, 6.07) is 6.34. The van der Waals surface area contributed by atoms with E-state index in [2.05, 4.69) is 29.9 Å². The fraction of sp³-hybridized carbons (Fsp3) is 0.417. The van der Waals surface area contributed by atoms with Crippen molar-refractivity contribution in [3.8, 4) is 0 Å². The van der Waals surface area contributed by atoms with Gasteiger partial charge in [0.1, 0.15) is 0 Å². The summed E-state index contributed by atoms with van der Waals surface area (Å²) in [5, 5.41) is 3.44. The summed E-state index contributed by atoms with van der Waals surface area (Å²) in [6.45, 7) is 6.84. The first-order chi connectivity index (χ1) is 7.34. The maximum Gasteiger partial charge on any atom is 0.0570 e. The number of thioether (sulfide) groups is 1. The third kappa shape index (κ3) is 5.00. The molecular weight excluding hydrogens is 204 g/mol. The van der Waals surface area contributed by atoms with Gasteiger partial charge in [0.15, 0.2) is 0 Å². The highest BCUT2D eigenvalue weighted by Crippen LogP contribution is 2.07. The van der Waals surface area contributed by atoms with Crippen molar-refractivity contribution < 1.29 is 0 Å². The number of nitrogens with one attached hydrogen (secondary N) is 1. The highest BCUT2D eigenvalue weighted by Gasteiger charge is 2.03. The molecule has 0 spiro atoms. The summed E-state index contributed by atoms with van der Waals surface area (Å²) in [6.07, 6.45) is 3.77. The summed E-state index contributed by atoms with van der Waals surface area (Å²) < 4.78 is 0. The van der Waals surface area contributed by atoms with Gasteiger partial charge in [0.2, 0.25) is 0 Å². The zero-order valence-electron chi connectivity index (χ0n) is 9.15. The van der Waals surface area contributed by atoms with E-state index in [0.29, 0.717) is 6.04 Å². The van der Waals surface area contributed by atoms with Gasteiger partial charge >= 0.3 is 0 Å². The summed E-state index contributed by atoms with van der Waals surface area (Å²) >= 11 is 1.89. The minimum Gasteiger partial charge on any atom is -0.308 e. The van der Waals surface area contributed by atoms with Crippen LogP contribution < -0.4 is 5.32 Å². The summed E-state index contributed by atoms with van der Waals surface area (Å²) in [4.78, 5) is 4.31. The van der Waals surface area contributed by atoms with Crippen molar-refractivity contribution in [2.75, 3.05) is 18.1 Å². The Morgan fingerprint density at radius 2 is 2.47 bits per heavy atom. The van der Waals surface area contributed by atoms with Crippen molar-refractivity contribution in [1.82, 2.24) is 10.3 Å². The van der Waals surface area contributed by atoms with Gasteiger partial charge in [-0.15, -0.1) is 6.58 Å². The predicted octanol–water partition coefficient (Wildman–Crippen LogP) is 2.65. The molecule has 82 valence electrons. The Morgan fingerprint density at radius 3 is 3.13 bits per heavy atom. The second kappa shape index (κ2) is 7.49. The van der Waals surface area contributed by atoms with Crippen molar-refractivity contribution in [3.63, 3.8) is 0 Å². The zero-order chi connectivity index (χ0) is 10.9. The van der Waals surface area contributed by atoms with Gasteiger partial charge in [-0.3, -0.25) is 4.98 Å². The minimum absolute atomic E-state index is 0.329. The second-order valence-electron chi connectivity index (χ2n) is 3.29. The predicted molar refractivity (Wildman–Crippen MR) is 68.2 cm³/mol. The van der Waals surface area contributed by atoms with E-state index < -0.39 is 0 Å². The Labute approximate surface area is 96.2 Å².